The predicted octanol–water partition coefficient (Wildman–Crippen LogP) is 6.36. The van der Waals surface area contributed by atoms with Crippen LogP contribution in [0, 0.1) is 0 Å². The lowest BCUT2D eigenvalue weighted by Gasteiger charge is -2.20. The maximum atomic E-state index is 6.26. The summed E-state index contributed by atoms with van der Waals surface area (Å²) in [4.78, 5) is 9.90. The molecule has 0 radical (unpaired) electrons. The summed E-state index contributed by atoms with van der Waals surface area (Å²) in [5.41, 5.74) is 5.03. The Labute approximate surface area is 170 Å². The van der Waals surface area contributed by atoms with Crippen LogP contribution in [-0.4, -0.2) is 23.2 Å². The van der Waals surface area contributed by atoms with Crippen LogP contribution >= 0.6 is 0 Å². The molecular formula is C24H36N2O2. The fourth-order valence-electron chi connectivity index (χ4n) is 3.36. The van der Waals surface area contributed by atoms with Crippen LogP contribution in [0.3, 0.4) is 0 Å². The summed E-state index contributed by atoms with van der Waals surface area (Å²) in [6.07, 6.45) is 4.89. The van der Waals surface area contributed by atoms with Crippen molar-refractivity contribution in [2.45, 2.75) is 85.7 Å². The number of methoxy groups -OCH3 is 1. The molecule has 28 heavy (non-hydrogen) atoms. The van der Waals surface area contributed by atoms with Crippen LogP contribution in [0.4, 0.5) is 0 Å². The van der Waals surface area contributed by atoms with Gasteiger partial charge < -0.3 is 9.47 Å². The lowest BCUT2D eigenvalue weighted by Crippen LogP contribution is -2.18. The van der Waals surface area contributed by atoms with E-state index < -0.39 is 0 Å². The van der Waals surface area contributed by atoms with Gasteiger partial charge in [-0.3, -0.25) is 0 Å². The molecule has 1 aromatic carbocycles. The number of ether oxygens (including phenoxy) is 2. The zero-order valence-corrected chi connectivity index (χ0v) is 18.6. The van der Waals surface area contributed by atoms with Gasteiger partial charge in [0.05, 0.1) is 18.5 Å². The molecule has 0 spiro atoms. The highest BCUT2D eigenvalue weighted by Crippen LogP contribution is 2.35. The highest BCUT2D eigenvalue weighted by Gasteiger charge is 2.20. The van der Waals surface area contributed by atoms with Gasteiger partial charge in [-0.15, -0.1) is 0 Å². The Hall–Kier alpha value is -2.10. The quantitative estimate of drug-likeness (QED) is 0.478. The molecule has 0 N–H and O–H groups in total. The molecule has 4 nitrogen and oxygen atoms in total. The van der Waals surface area contributed by atoms with E-state index in [1.807, 2.05) is 0 Å². The van der Waals surface area contributed by atoms with E-state index in [0.29, 0.717) is 11.8 Å². The van der Waals surface area contributed by atoms with Crippen molar-refractivity contribution in [1.82, 2.24) is 9.97 Å². The van der Waals surface area contributed by atoms with Crippen LogP contribution in [0.15, 0.2) is 18.2 Å². The minimum atomic E-state index is 0.194. The average Bonchev–Trinajstić information content (AvgIpc) is 2.72. The van der Waals surface area contributed by atoms with E-state index in [0.717, 1.165) is 60.5 Å². The highest BCUT2D eigenvalue weighted by atomic mass is 16.5. The molecule has 0 saturated heterocycles. The molecule has 154 valence electrons. The minimum absolute atomic E-state index is 0.194. The van der Waals surface area contributed by atoms with Crippen LogP contribution in [0.25, 0.3) is 11.3 Å². The molecule has 0 amide bonds. The summed E-state index contributed by atoms with van der Waals surface area (Å²) in [5, 5.41) is 0. The molecule has 2 aromatic rings. The first-order valence-electron chi connectivity index (χ1n) is 10.7. The van der Waals surface area contributed by atoms with Crippen molar-refractivity contribution in [3.8, 4) is 22.9 Å². The zero-order chi connectivity index (χ0) is 20.7. The molecule has 0 aliphatic carbocycles. The van der Waals surface area contributed by atoms with Gasteiger partial charge >= 0.3 is 0 Å². The van der Waals surface area contributed by atoms with Crippen molar-refractivity contribution < 1.29 is 9.47 Å². The smallest absolute Gasteiger partial charge is 0.236 e. The van der Waals surface area contributed by atoms with Gasteiger partial charge in [0.25, 0.3) is 0 Å². The number of hydrogen-bond acceptors (Lipinski definition) is 4. The molecular weight excluding hydrogens is 348 g/mol. The molecule has 0 bridgehead atoms. The maximum Gasteiger partial charge on any atom is 0.236 e. The molecule has 4 heteroatoms. The van der Waals surface area contributed by atoms with E-state index in [4.69, 9.17) is 19.4 Å². The number of benzene rings is 1. The normalized spacial score (nSPS) is 12.3. The topological polar surface area (TPSA) is 44.2 Å². The Balaban J connectivity index is 2.54. The largest absolute Gasteiger partial charge is 0.496 e. The SMILES string of the molecule is CCCC(CC)Oc1nc(CC)c(-c2ccc(C(C)C)cc2OC)nc1CC. The minimum Gasteiger partial charge on any atom is -0.496 e. The Morgan fingerprint density at radius 3 is 2.21 bits per heavy atom. The van der Waals surface area contributed by atoms with E-state index in [1.54, 1.807) is 7.11 Å². The van der Waals surface area contributed by atoms with Crippen molar-refractivity contribution >= 4 is 0 Å². The Bertz CT molecular complexity index is 771. The fraction of sp³-hybridized carbons (Fsp3) is 0.583. The summed E-state index contributed by atoms with van der Waals surface area (Å²) >= 11 is 0. The third-order valence-electron chi connectivity index (χ3n) is 5.16. The standard InChI is InChI=1S/C24H36N2O2/c1-8-12-18(9-2)28-24-21(11-4)25-23(20(10-3)26-24)19-14-13-17(16(5)6)15-22(19)27-7/h13-16,18H,8-12H2,1-7H3. The van der Waals surface area contributed by atoms with Crippen LogP contribution in [-0.2, 0) is 12.8 Å². The van der Waals surface area contributed by atoms with Crippen molar-refractivity contribution in [3.63, 3.8) is 0 Å². The van der Waals surface area contributed by atoms with Gasteiger partial charge in [0.1, 0.15) is 17.5 Å². The second-order valence-electron chi connectivity index (χ2n) is 7.53. The van der Waals surface area contributed by atoms with Gasteiger partial charge in [0.15, 0.2) is 0 Å². The lowest BCUT2D eigenvalue weighted by atomic mass is 9.98. The second-order valence-corrected chi connectivity index (χ2v) is 7.53. The van der Waals surface area contributed by atoms with E-state index >= 15 is 0 Å². The van der Waals surface area contributed by atoms with Crippen LogP contribution < -0.4 is 9.47 Å². The van der Waals surface area contributed by atoms with E-state index in [9.17, 15) is 0 Å². The summed E-state index contributed by atoms with van der Waals surface area (Å²) in [6.45, 7) is 12.9. The third kappa shape index (κ3) is 5.03. The van der Waals surface area contributed by atoms with Gasteiger partial charge in [-0.1, -0.05) is 54.0 Å². The molecule has 0 aliphatic rings. The van der Waals surface area contributed by atoms with Crippen molar-refractivity contribution in [2.75, 3.05) is 7.11 Å². The van der Waals surface area contributed by atoms with Crippen LogP contribution in [0.5, 0.6) is 11.6 Å². The second kappa shape index (κ2) is 10.4. The molecule has 1 atom stereocenters. The molecule has 1 aromatic heterocycles. The Morgan fingerprint density at radius 1 is 0.964 bits per heavy atom. The number of nitrogens with zero attached hydrogens (tertiary/aromatic N) is 2. The van der Waals surface area contributed by atoms with E-state index in [-0.39, 0.29) is 6.10 Å². The van der Waals surface area contributed by atoms with Gasteiger partial charge in [0.2, 0.25) is 5.88 Å². The van der Waals surface area contributed by atoms with Crippen molar-refractivity contribution in [1.29, 1.82) is 0 Å². The number of aromatic nitrogens is 2. The van der Waals surface area contributed by atoms with Crippen LogP contribution in [0.1, 0.15) is 83.7 Å². The molecule has 0 aliphatic heterocycles. The highest BCUT2D eigenvalue weighted by molar-refractivity contribution is 5.70. The van der Waals surface area contributed by atoms with Crippen LogP contribution in [0.2, 0.25) is 0 Å². The molecule has 1 heterocycles. The summed E-state index contributed by atoms with van der Waals surface area (Å²) in [5.74, 6) is 2.00. The summed E-state index contributed by atoms with van der Waals surface area (Å²) in [6, 6.07) is 6.39. The van der Waals surface area contributed by atoms with Crippen molar-refractivity contribution in [2.24, 2.45) is 0 Å². The first-order chi connectivity index (χ1) is 13.5. The van der Waals surface area contributed by atoms with E-state index in [2.05, 4.69) is 59.7 Å². The van der Waals surface area contributed by atoms with Gasteiger partial charge in [0, 0.05) is 5.56 Å². The zero-order valence-electron chi connectivity index (χ0n) is 18.6. The molecule has 1 unspecified atom stereocenters. The summed E-state index contributed by atoms with van der Waals surface area (Å²) < 4.78 is 12.0. The summed E-state index contributed by atoms with van der Waals surface area (Å²) in [7, 11) is 1.72. The Morgan fingerprint density at radius 2 is 1.68 bits per heavy atom. The molecule has 2 rings (SSSR count). The third-order valence-corrected chi connectivity index (χ3v) is 5.16. The first-order valence-corrected chi connectivity index (χ1v) is 10.7. The molecule has 0 fully saturated rings. The first kappa shape index (κ1) is 22.2. The predicted molar refractivity (Wildman–Crippen MR) is 116 cm³/mol. The van der Waals surface area contributed by atoms with E-state index in [1.165, 1.54) is 5.56 Å². The van der Waals surface area contributed by atoms with Gasteiger partial charge in [-0.25, -0.2) is 9.97 Å². The monoisotopic (exact) mass is 384 g/mol. The molecule has 0 saturated carbocycles. The van der Waals surface area contributed by atoms with Gasteiger partial charge in [-0.05, 0) is 49.3 Å². The average molecular weight is 385 g/mol. The Kier molecular flexibility index (Phi) is 8.28. The fourth-order valence-corrected chi connectivity index (χ4v) is 3.36. The number of rotatable bonds is 10. The van der Waals surface area contributed by atoms with Gasteiger partial charge in [-0.2, -0.15) is 0 Å². The number of aryl methyl sites for hydroxylation is 2. The van der Waals surface area contributed by atoms with Crippen molar-refractivity contribution in [3.05, 3.63) is 35.2 Å². The lowest BCUT2D eigenvalue weighted by molar-refractivity contribution is 0.175. The maximum absolute atomic E-state index is 6.26. The number of hydrogen-bond donors (Lipinski definition) is 0.